The number of hydrogen-bond donors (Lipinski definition) is 1. The van der Waals surface area contributed by atoms with E-state index in [0.717, 1.165) is 34.0 Å². The Hall–Kier alpha value is -4.23. The van der Waals surface area contributed by atoms with Gasteiger partial charge in [0.1, 0.15) is 22.9 Å². The maximum Gasteiger partial charge on any atom is 0.225 e. The molecule has 0 atom stereocenters. The number of nitrogens with one attached hydrogen (secondary N) is 1. The van der Waals surface area contributed by atoms with Crippen LogP contribution < -0.4 is 10.1 Å². The highest BCUT2D eigenvalue weighted by molar-refractivity contribution is 7.99. The van der Waals surface area contributed by atoms with E-state index in [1.807, 2.05) is 66.7 Å². The van der Waals surface area contributed by atoms with E-state index in [1.54, 1.807) is 0 Å². The molecular weight excluding hydrogens is 456 g/mol. The first-order valence-electron chi connectivity index (χ1n) is 11.3. The number of hydrogen-bond acceptors (Lipinski definition) is 6. The summed E-state index contributed by atoms with van der Waals surface area (Å²) in [4.78, 5) is 17.2. The number of nitrogens with zero attached hydrogens (tertiary/aromatic N) is 3. The molecule has 6 nitrogen and oxygen atoms in total. The second-order valence-electron chi connectivity index (χ2n) is 8.09. The molecule has 1 aromatic heterocycles. The van der Waals surface area contributed by atoms with Gasteiger partial charge in [0.25, 0.3) is 0 Å². The number of carbonyl (C=O) groups is 1. The maximum absolute atomic E-state index is 12.4. The number of benzene rings is 4. The second-order valence-corrected chi connectivity index (χ2v) is 9.15. The van der Waals surface area contributed by atoms with Crippen molar-refractivity contribution in [3.8, 4) is 34.0 Å². The molecule has 6 rings (SSSR count). The fraction of sp³-hybridized carbons (Fsp3) is 0.0714. The van der Waals surface area contributed by atoms with Crippen LogP contribution in [0.3, 0.4) is 0 Å². The van der Waals surface area contributed by atoms with Gasteiger partial charge in [-0.15, -0.1) is 10.2 Å². The van der Waals surface area contributed by atoms with E-state index in [-0.39, 0.29) is 5.91 Å². The number of para-hydroxylation sites is 1. The van der Waals surface area contributed by atoms with Crippen molar-refractivity contribution in [1.29, 1.82) is 0 Å². The fourth-order valence-electron chi connectivity index (χ4n) is 4.17. The molecule has 0 fully saturated rings. The summed E-state index contributed by atoms with van der Waals surface area (Å²) in [5.41, 5.74) is 4.56. The number of amides is 1. The highest BCUT2D eigenvalue weighted by Gasteiger charge is 2.24. The molecule has 4 aromatic carbocycles. The zero-order chi connectivity index (χ0) is 23.6. The van der Waals surface area contributed by atoms with Gasteiger partial charge in [-0.05, 0) is 41.8 Å². The van der Waals surface area contributed by atoms with Gasteiger partial charge in [0.2, 0.25) is 11.1 Å². The molecule has 0 spiro atoms. The number of thioether (sulfide) groups is 1. The van der Waals surface area contributed by atoms with Crippen LogP contribution in [0.25, 0.3) is 33.3 Å². The van der Waals surface area contributed by atoms with Gasteiger partial charge >= 0.3 is 0 Å². The minimum Gasteiger partial charge on any atom is -0.457 e. The van der Waals surface area contributed by atoms with Crippen molar-refractivity contribution in [3.63, 3.8) is 0 Å². The Balaban J connectivity index is 1.06. The van der Waals surface area contributed by atoms with E-state index in [9.17, 15) is 4.79 Å². The molecule has 0 saturated heterocycles. The lowest BCUT2D eigenvalue weighted by atomic mass is 10.0. The van der Waals surface area contributed by atoms with Gasteiger partial charge in [-0.1, -0.05) is 66.4 Å². The lowest BCUT2D eigenvalue weighted by Crippen LogP contribution is -2.12. The van der Waals surface area contributed by atoms with Crippen molar-refractivity contribution in [1.82, 2.24) is 15.2 Å². The maximum atomic E-state index is 12.4. The third kappa shape index (κ3) is 4.34. The van der Waals surface area contributed by atoms with Gasteiger partial charge in [-0.3, -0.25) is 4.79 Å². The Morgan fingerprint density at radius 1 is 0.771 bits per heavy atom. The van der Waals surface area contributed by atoms with E-state index >= 15 is 0 Å². The molecule has 1 amide bonds. The molecule has 1 aliphatic carbocycles. The summed E-state index contributed by atoms with van der Waals surface area (Å²) in [6.07, 6.45) is 0.336. The second kappa shape index (κ2) is 9.19. The number of aromatic nitrogens is 3. The standard InChI is InChI=1S/C28H20N4O2S/c33-24(29-19-12-14-21(15-13-19)34-20-8-2-1-3-9-20)16-17-35-28-30-26-22-10-4-6-18-7-5-11-23(25(18)22)27(26)31-32-28/h1-15H,16-17H2,(H,29,33). The SMILES string of the molecule is O=C(CCSc1nnc2c(n1)-c1cccc3cccc-2c13)Nc1ccc(Oc2ccccc2)cc1. The van der Waals surface area contributed by atoms with E-state index < -0.39 is 0 Å². The molecule has 0 aliphatic heterocycles. The topological polar surface area (TPSA) is 77.0 Å². The number of anilines is 1. The van der Waals surface area contributed by atoms with Crippen LogP contribution in [-0.4, -0.2) is 26.8 Å². The van der Waals surface area contributed by atoms with Crippen molar-refractivity contribution < 1.29 is 9.53 Å². The van der Waals surface area contributed by atoms with Gasteiger partial charge in [-0.25, -0.2) is 4.98 Å². The summed E-state index contributed by atoms with van der Waals surface area (Å²) in [6, 6.07) is 29.3. The largest absolute Gasteiger partial charge is 0.457 e. The summed E-state index contributed by atoms with van der Waals surface area (Å²) in [7, 11) is 0. The van der Waals surface area contributed by atoms with Crippen LogP contribution >= 0.6 is 11.8 Å². The first kappa shape index (κ1) is 21.3. The molecule has 5 aromatic rings. The average molecular weight is 477 g/mol. The predicted octanol–water partition coefficient (Wildman–Crippen LogP) is 6.59. The number of fused-ring (bicyclic) bond motifs is 3. The van der Waals surface area contributed by atoms with Crippen LogP contribution in [0, 0.1) is 0 Å². The number of carbonyl (C=O) groups excluding carboxylic acids is 1. The first-order valence-corrected chi connectivity index (χ1v) is 12.3. The number of rotatable bonds is 7. The zero-order valence-electron chi connectivity index (χ0n) is 18.6. The van der Waals surface area contributed by atoms with Crippen LogP contribution in [0.5, 0.6) is 11.5 Å². The molecule has 0 radical (unpaired) electrons. The lowest BCUT2D eigenvalue weighted by Gasteiger charge is -2.08. The predicted molar refractivity (Wildman–Crippen MR) is 139 cm³/mol. The zero-order valence-corrected chi connectivity index (χ0v) is 19.5. The Morgan fingerprint density at radius 2 is 1.49 bits per heavy atom. The Labute approximate surface area is 206 Å². The van der Waals surface area contributed by atoms with Gasteiger partial charge in [0, 0.05) is 34.4 Å². The molecule has 35 heavy (non-hydrogen) atoms. The van der Waals surface area contributed by atoms with Crippen molar-refractivity contribution in [2.75, 3.05) is 11.1 Å². The normalized spacial score (nSPS) is 11.3. The number of ether oxygens (including phenoxy) is 1. The highest BCUT2D eigenvalue weighted by atomic mass is 32.2. The summed E-state index contributed by atoms with van der Waals surface area (Å²) < 4.78 is 5.79. The van der Waals surface area contributed by atoms with Crippen molar-refractivity contribution in [3.05, 3.63) is 91.0 Å². The summed E-state index contributed by atoms with van der Waals surface area (Å²) in [5.74, 6) is 1.97. The molecule has 1 heterocycles. The van der Waals surface area contributed by atoms with Crippen LogP contribution in [0.1, 0.15) is 6.42 Å². The van der Waals surface area contributed by atoms with Crippen LogP contribution in [-0.2, 0) is 4.79 Å². The molecule has 1 aliphatic rings. The van der Waals surface area contributed by atoms with Crippen molar-refractivity contribution in [2.24, 2.45) is 0 Å². The van der Waals surface area contributed by atoms with Crippen molar-refractivity contribution in [2.45, 2.75) is 11.6 Å². The molecule has 170 valence electrons. The smallest absolute Gasteiger partial charge is 0.225 e. The molecule has 1 N–H and O–H groups in total. The van der Waals surface area contributed by atoms with E-state index in [4.69, 9.17) is 9.72 Å². The Bertz CT molecular complexity index is 1530. The minimum atomic E-state index is -0.0690. The lowest BCUT2D eigenvalue weighted by molar-refractivity contribution is -0.115. The van der Waals surface area contributed by atoms with Gasteiger partial charge in [0.15, 0.2) is 0 Å². The summed E-state index contributed by atoms with van der Waals surface area (Å²) in [5, 5.41) is 14.6. The molecular formula is C28H20N4O2S. The average Bonchev–Trinajstić information content (AvgIpc) is 3.21. The monoisotopic (exact) mass is 476 g/mol. The van der Waals surface area contributed by atoms with Crippen LogP contribution in [0.2, 0.25) is 0 Å². The fourth-order valence-corrected chi connectivity index (χ4v) is 4.89. The van der Waals surface area contributed by atoms with Gasteiger partial charge < -0.3 is 10.1 Å². The van der Waals surface area contributed by atoms with Crippen molar-refractivity contribution >= 4 is 34.1 Å². The van der Waals surface area contributed by atoms with Gasteiger partial charge in [-0.2, -0.15) is 0 Å². The Morgan fingerprint density at radius 3 is 2.26 bits per heavy atom. The Kier molecular flexibility index (Phi) is 5.60. The molecule has 0 unspecified atom stereocenters. The van der Waals surface area contributed by atoms with Gasteiger partial charge in [0.05, 0.1) is 0 Å². The molecule has 7 heteroatoms. The van der Waals surface area contributed by atoms with E-state index in [1.165, 1.54) is 22.5 Å². The quantitative estimate of drug-likeness (QED) is 0.262. The van der Waals surface area contributed by atoms with Crippen LogP contribution in [0.15, 0.2) is 96.2 Å². The first-order chi connectivity index (χ1) is 17.2. The molecule has 0 bridgehead atoms. The minimum absolute atomic E-state index is 0.0690. The van der Waals surface area contributed by atoms with E-state index in [2.05, 4.69) is 39.8 Å². The third-order valence-corrected chi connectivity index (χ3v) is 6.60. The highest BCUT2D eigenvalue weighted by Crippen LogP contribution is 2.44. The third-order valence-electron chi connectivity index (χ3n) is 5.76. The summed E-state index contributed by atoms with van der Waals surface area (Å²) in [6.45, 7) is 0. The van der Waals surface area contributed by atoms with Crippen LogP contribution in [0.4, 0.5) is 5.69 Å². The van der Waals surface area contributed by atoms with E-state index in [0.29, 0.717) is 23.1 Å². The summed E-state index contributed by atoms with van der Waals surface area (Å²) >= 11 is 1.43. The molecule has 0 saturated carbocycles.